The fourth-order valence-electron chi connectivity index (χ4n) is 1.04. The molecule has 0 bridgehead atoms. The van der Waals surface area contributed by atoms with Crippen LogP contribution in [0.15, 0.2) is 24.3 Å². The Morgan fingerprint density at radius 1 is 1.44 bits per heavy atom. The van der Waals surface area contributed by atoms with Gasteiger partial charge < -0.3 is 5.11 Å². The van der Waals surface area contributed by atoms with Crippen molar-refractivity contribution in [3.63, 3.8) is 0 Å². The van der Waals surface area contributed by atoms with Crippen molar-refractivity contribution >= 4 is 60.0 Å². The molecule has 0 spiro atoms. The lowest BCUT2D eigenvalue weighted by Gasteiger charge is -2.25. The standard InChI is InChI=1S/C9H9BrClIO3S/c1-16(14,15)9(10,12)8(13)6-2-4-7(11)5-3-6/h2-5,8,13H,1H3. The molecule has 0 aliphatic heterocycles. The zero-order chi connectivity index (χ0) is 12.6. The zero-order valence-corrected chi connectivity index (χ0v) is 13.5. The molecule has 0 aromatic heterocycles. The number of rotatable bonds is 3. The summed E-state index contributed by atoms with van der Waals surface area (Å²) in [6, 6.07) is 6.38. The number of alkyl halides is 2. The van der Waals surface area contributed by atoms with Crippen molar-refractivity contribution < 1.29 is 13.5 Å². The van der Waals surface area contributed by atoms with Crippen LogP contribution in [-0.2, 0) is 9.84 Å². The highest BCUT2D eigenvalue weighted by Crippen LogP contribution is 2.44. The van der Waals surface area contributed by atoms with Gasteiger partial charge in [-0.2, -0.15) is 0 Å². The van der Waals surface area contributed by atoms with Crippen LogP contribution in [0.1, 0.15) is 11.7 Å². The lowest BCUT2D eigenvalue weighted by Crippen LogP contribution is -2.31. The first-order valence-corrected chi connectivity index (χ1v) is 8.31. The van der Waals surface area contributed by atoms with Crippen LogP contribution in [0.25, 0.3) is 0 Å². The van der Waals surface area contributed by atoms with Gasteiger partial charge >= 0.3 is 0 Å². The molecule has 2 unspecified atom stereocenters. The minimum absolute atomic E-state index is 0.487. The summed E-state index contributed by atoms with van der Waals surface area (Å²) in [6.45, 7) is 0. The van der Waals surface area contributed by atoms with Gasteiger partial charge in [0.05, 0.1) is 0 Å². The van der Waals surface area contributed by atoms with Gasteiger partial charge in [0.25, 0.3) is 0 Å². The second-order valence-electron chi connectivity index (χ2n) is 3.29. The van der Waals surface area contributed by atoms with E-state index in [0.717, 1.165) is 6.26 Å². The van der Waals surface area contributed by atoms with E-state index in [-0.39, 0.29) is 0 Å². The predicted octanol–water partition coefficient (Wildman–Crippen LogP) is 2.90. The molecule has 0 saturated carbocycles. The molecule has 1 aromatic carbocycles. The Kier molecular flexibility index (Phi) is 4.68. The highest BCUT2D eigenvalue weighted by atomic mass is 127. The highest BCUT2D eigenvalue weighted by Gasteiger charge is 2.43. The number of aliphatic hydroxyl groups is 1. The van der Waals surface area contributed by atoms with Gasteiger partial charge in [-0.15, -0.1) is 0 Å². The fourth-order valence-corrected chi connectivity index (χ4v) is 2.33. The summed E-state index contributed by atoms with van der Waals surface area (Å²) < 4.78 is 21.5. The van der Waals surface area contributed by atoms with E-state index in [0.29, 0.717) is 10.6 Å². The topological polar surface area (TPSA) is 54.4 Å². The SMILES string of the molecule is CS(=O)(=O)C(Br)(I)C(O)c1ccc(Cl)cc1. The van der Waals surface area contributed by atoms with Crippen molar-refractivity contribution in [2.24, 2.45) is 0 Å². The summed E-state index contributed by atoms with van der Waals surface area (Å²) in [6.07, 6.45) is -0.104. The van der Waals surface area contributed by atoms with Crippen molar-refractivity contribution in [1.82, 2.24) is 0 Å². The number of sulfone groups is 1. The van der Waals surface area contributed by atoms with Gasteiger partial charge in [-0.1, -0.05) is 39.7 Å². The molecular formula is C9H9BrClIO3S. The molecule has 0 radical (unpaired) electrons. The van der Waals surface area contributed by atoms with E-state index < -0.39 is 17.6 Å². The van der Waals surface area contributed by atoms with Crippen LogP contribution in [0, 0.1) is 0 Å². The van der Waals surface area contributed by atoms with Crippen molar-refractivity contribution in [3.05, 3.63) is 34.9 Å². The minimum Gasteiger partial charge on any atom is -0.385 e. The molecule has 7 heteroatoms. The van der Waals surface area contributed by atoms with Crippen LogP contribution >= 0.6 is 50.1 Å². The van der Waals surface area contributed by atoms with Crippen molar-refractivity contribution in [2.75, 3.05) is 6.26 Å². The van der Waals surface area contributed by atoms with Crippen LogP contribution in [0.2, 0.25) is 5.02 Å². The van der Waals surface area contributed by atoms with Gasteiger partial charge in [0.15, 0.2) is 9.84 Å². The Hall–Kier alpha value is 0.630. The fraction of sp³-hybridized carbons (Fsp3) is 0.333. The molecule has 0 aliphatic carbocycles. The molecule has 1 aromatic rings. The van der Waals surface area contributed by atoms with Crippen LogP contribution < -0.4 is 0 Å². The third-order valence-electron chi connectivity index (χ3n) is 2.00. The predicted molar refractivity (Wildman–Crippen MR) is 76.9 cm³/mol. The average Bonchev–Trinajstić information content (AvgIpc) is 2.16. The monoisotopic (exact) mass is 438 g/mol. The molecule has 0 saturated heterocycles. The van der Waals surface area contributed by atoms with E-state index >= 15 is 0 Å². The molecule has 0 amide bonds. The third kappa shape index (κ3) is 3.10. The molecule has 3 nitrogen and oxygen atoms in total. The zero-order valence-electron chi connectivity index (χ0n) is 8.19. The molecular weight excluding hydrogens is 430 g/mol. The Bertz CT molecular complexity index is 472. The van der Waals surface area contributed by atoms with E-state index in [9.17, 15) is 13.5 Å². The quantitative estimate of drug-likeness (QED) is 0.582. The molecule has 0 heterocycles. The van der Waals surface area contributed by atoms with E-state index in [4.69, 9.17) is 11.6 Å². The molecule has 0 aliphatic rings. The highest BCUT2D eigenvalue weighted by molar-refractivity contribution is 14.1. The maximum absolute atomic E-state index is 11.5. The van der Waals surface area contributed by atoms with Crippen LogP contribution in [-0.4, -0.2) is 21.4 Å². The molecule has 1 rings (SSSR count). The van der Waals surface area contributed by atoms with E-state index in [1.807, 2.05) is 0 Å². The smallest absolute Gasteiger partial charge is 0.206 e. The largest absolute Gasteiger partial charge is 0.385 e. The van der Waals surface area contributed by atoms with Gasteiger partial charge in [-0.25, -0.2) is 8.42 Å². The Morgan fingerprint density at radius 3 is 2.25 bits per heavy atom. The van der Waals surface area contributed by atoms with Crippen LogP contribution in [0.3, 0.4) is 0 Å². The number of benzene rings is 1. The lowest BCUT2D eigenvalue weighted by molar-refractivity contribution is 0.191. The second kappa shape index (κ2) is 5.09. The van der Waals surface area contributed by atoms with Gasteiger partial charge in [0.1, 0.15) is 6.10 Å². The first kappa shape index (κ1) is 14.7. The van der Waals surface area contributed by atoms with Crippen molar-refractivity contribution in [2.45, 2.75) is 7.77 Å². The maximum atomic E-state index is 11.5. The first-order chi connectivity index (χ1) is 7.16. The normalized spacial score (nSPS) is 17.8. The average molecular weight is 439 g/mol. The Morgan fingerprint density at radius 2 is 1.88 bits per heavy atom. The second-order valence-corrected chi connectivity index (χ2v) is 11.6. The van der Waals surface area contributed by atoms with E-state index in [2.05, 4.69) is 15.9 Å². The van der Waals surface area contributed by atoms with E-state index in [1.54, 1.807) is 46.9 Å². The van der Waals surface area contributed by atoms with Gasteiger partial charge in [-0.05, 0) is 40.3 Å². The summed E-state index contributed by atoms with van der Waals surface area (Å²) in [7, 11) is -3.44. The number of aliphatic hydroxyl groups excluding tert-OH is 1. The van der Waals surface area contributed by atoms with Gasteiger partial charge in [-0.3, -0.25) is 0 Å². The number of halogens is 3. The molecule has 0 fully saturated rings. The summed E-state index contributed by atoms with van der Waals surface area (Å²) >= 11 is 10.4. The molecule has 1 N–H and O–H groups in total. The summed E-state index contributed by atoms with van der Waals surface area (Å²) in [5.41, 5.74) is 0.487. The summed E-state index contributed by atoms with van der Waals surface area (Å²) in [4.78, 5) is 0. The van der Waals surface area contributed by atoms with Gasteiger partial charge in [0, 0.05) is 11.3 Å². The summed E-state index contributed by atoms with van der Waals surface area (Å²) in [5, 5.41) is 10.5. The van der Waals surface area contributed by atoms with Crippen LogP contribution in [0.4, 0.5) is 0 Å². The number of hydrogen-bond donors (Lipinski definition) is 1. The third-order valence-corrected chi connectivity index (χ3v) is 8.65. The van der Waals surface area contributed by atoms with Crippen molar-refractivity contribution in [3.8, 4) is 0 Å². The molecule has 16 heavy (non-hydrogen) atoms. The van der Waals surface area contributed by atoms with Crippen molar-refractivity contribution in [1.29, 1.82) is 0 Å². The Balaban J connectivity index is 3.12. The molecule has 2 atom stereocenters. The maximum Gasteiger partial charge on any atom is 0.206 e. The van der Waals surface area contributed by atoms with Crippen LogP contribution in [0.5, 0.6) is 0 Å². The number of hydrogen-bond acceptors (Lipinski definition) is 3. The Labute approximate surface area is 121 Å². The first-order valence-electron chi connectivity index (χ1n) is 4.17. The minimum atomic E-state index is -3.44. The van der Waals surface area contributed by atoms with Gasteiger partial charge in [0.2, 0.25) is 1.66 Å². The lowest BCUT2D eigenvalue weighted by atomic mass is 10.1. The molecule has 90 valence electrons. The summed E-state index contributed by atoms with van der Waals surface area (Å²) in [5.74, 6) is 0. The van der Waals surface area contributed by atoms with E-state index in [1.165, 1.54) is 0 Å².